The van der Waals surface area contributed by atoms with Gasteiger partial charge in [-0.15, -0.1) is 0 Å². The van der Waals surface area contributed by atoms with Gasteiger partial charge in [-0.2, -0.15) is 0 Å². The maximum absolute atomic E-state index is 5.96. The SMILES string of the molecule is Clc1cccc(C(Br)c2ccccc2)c1. The Labute approximate surface area is 103 Å². The lowest BCUT2D eigenvalue weighted by Gasteiger charge is -2.10. The maximum Gasteiger partial charge on any atom is 0.0645 e. The minimum Gasteiger partial charge on any atom is -0.0843 e. The minimum absolute atomic E-state index is 0.206. The van der Waals surface area contributed by atoms with Crippen LogP contribution in [-0.4, -0.2) is 0 Å². The van der Waals surface area contributed by atoms with E-state index in [4.69, 9.17) is 11.6 Å². The van der Waals surface area contributed by atoms with Gasteiger partial charge < -0.3 is 0 Å². The molecule has 0 saturated carbocycles. The van der Waals surface area contributed by atoms with E-state index in [9.17, 15) is 0 Å². The van der Waals surface area contributed by atoms with Gasteiger partial charge in [0.05, 0.1) is 4.83 Å². The van der Waals surface area contributed by atoms with Crippen molar-refractivity contribution in [3.05, 3.63) is 70.7 Å². The molecule has 2 aromatic carbocycles. The van der Waals surface area contributed by atoms with Crippen LogP contribution in [0.5, 0.6) is 0 Å². The molecule has 76 valence electrons. The molecule has 0 nitrogen and oxygen atoms in total. The number of benzene rings is 2. The second-order valence-electron chi connectivity index (χ2n) is 3.33. The van der Waals surface area contributed by atoms with Crippen LogP contribution >= 0.6 is 27.5 Å². The summed E-state index contributed by atoms with van der Waals surface area (Å²) in [6.45, 7) is 0. The zero-order valence-electron chi connectivity index (χ0n) is 8.03. The molecule has 0 saturated heterocycles. The summed E-state index contributed by atoms with van der Waals surface area (Å²) < 4.78 is 0. The molecule has 0 bridgehead atoms. The van der Waals surface area contributed by atoms with E-state index in [1.165, 1.54) is 11.1 Å². The van der Waals surface area contributed by atoms with Crippen LogP contribution in [0.15, 0.2) is 54.6 Å². The van der Waals surface area contributed by atoms with Gasteiger partial charge in [0.25, 0.3) is 0 Å². The van der Waals surface area contributed by atoms with Crippen LogP contribution in [0.1, 0.15) is 16.0 Å². The Balaban J connectivity index is 2.32. The molecule has 0 aromatic heterocycles. The van der Waals surface area contributed by atoms with Crippen LogP contribution < -0.4 is 0 Å². The first-order valence-electron chi connectivity index (χ1n) is 4.72. The largest absolute Gasteiger partial charge is 0.0843 e. The van der Waals surface area contributed by atoms with E-state index in [0.29, 0.717) is 0 Å². The Morgan fingerprint density at radius 1 is 0.867 bits per heavy atom. The highest BCUT2D eigenvalue weighted by Gasteiger charge is 2.09. The van der Waals surface area contributed by atoms with E-state index in [2.05, 4.69) is 34.1 Å². The highest BCUT2D eigenvalue weighted by Crippen LogP contribution is 2.31. The predicted molar refractivity (Wildman–Crippen MR) is 68.7 cm³/mol. The Bertz CT molecular complexity index is 439. The van der Waals surface area contributed by atoms with Gasteiger partial charge in [0.15, 0.2) is 0 Å². The third kappa shape index (κ3) is 2.61. The lowest BCUT2D eigenvalue weighted by atomic mass is 10.1. The van der Waals surface area contributed by atoms with E-state index in [0.717, 1.165) is 5.02 Å². The predicted octanol–water partition coefficient (Wildman–Crippen LogP) is 4.82. The average molecular weight is 282 g/mol. The summed E-state index contributed by atoms with van der Waals surface area (Å²) in [5.41, 5.74) is 2.41. The number of halogens is 2. The topological polar surface area (TPSA) is 0 Å². The molecular formula is C13H10BrCl. The fourth-order valence-electron chi connectivity index (χ4n) is 1.48. The molecule has 1 unspecified atom stereocenters. The van der Waals surface area contributed by atoms with Crippen molar-refractivity contribution in [2.75, 3.05) is 0 Å². The fourth-order valence-corrected chi connectivity index (χ4v) is 2.27. The summed E-state index contributed by atoms with van der Waals surface area (Å²) in [6, 6.07) is 18.2. The molecule has 1 atom stereocenters. The lowest BCUT2D eigenvalue weighted by Crippen LogP contribution is -1.91. The van der Waals surface area contributed by atoms with E-state index in [1.54, 1.807) is 0 Å². The standard InChI is InChI=1S/C13H10BrCl/c14-13(10-5-2-1-3-6-10)11-7-4-8-12(15)9-11/h1-9,13H. The van der Waals surface area contributed by atoms with Crippen LogP contribution in [0.4, 0.5) is 0 Å². The molecule has 0 fully saturated rings. The van der Waals surface area contributed by atoms with Crippen molar-refractivity contribution >= 4 is 27.5 Å². The summed E-state index contributed by atoms with van der Waals surface area (Å²) >= 11 is 9.63. The molecule has 0 heterocycles. The monoisotopic (exact) mass is 280 g/mol. The Kier molecular flexibility index (Phi) is 3.45. The van der Waals surface area contributed by atoms with Gasteiger partial charge in [-0.25, -0.2) is 0 Å². The molecule has 0 radical (unpaired) electrons. The summed E-state index contributed by atoms with van der Waals surface area (Å²) in [7, 11) is 0. The summed E-state index contributed by atoms with van der Waals surface area (Å²) in [4.78, 5) is 0.206. The van der Waals surface area contributed by atoms with Gasteiger partial charge in [-0.3, -0.25) is 0 Å². The number of hydrogen-bond donors (Lipinski definition) is 0. The van der Waals surface area contributed by atoms with Crippen molar-refractivity contribution in [2.24, 2.45) is 0 Å². The molecule has 0 amide bonds. The normalized spacial score (nSPS) is 12.4. The minimum atomic E-state index is 0.206. The van der Waals surface area contributed by atoms with Gasteiger partial charge in [0.1, 0.15) is 0 Å². The first-order valence-corrected chi connectivity index (χ1v) is 6.01. The van der Waals surface area contributed by atoms with Gasteiger partial charge >= 0.3 is 0 Å². The van der Waals surface area contributed by atoms with Crippen LogP contribution in [0.2, 0.25) is 5.02 Å². The molecule has 2 rings (SSSR count). The molecule has 0 aliphatic rings. The highest BCUT2D eigenvalue weighted by molar-refractivity contribution is 9.09. The Morgan fingerprint density at radius 3 is 2.20 bits per heavy atom. The number of alkyl halides is 1. The molecule has 0 N–H and O–H groups in total. The third-order valence-electron chi connectivity index (χ3n) is 2.23. The number of rotatable bonds is 2. The number of hydrogen-bond acceptors (Lipinski definition) is 0. The van der Waals surface area contributed by atoms with Crippen molar-refractivity contribution in [1.82, 2.24) is 0 Å². The van der Waals surface area contributed by atoms with E-state index in [-0.39, 0.29) is 4.83 Å². The third-order valence-corrected chi connectivity index (χ3v) is 3.53. The van der Waals surface area contributed by atoms with E-state index >= 15 is 0 Å². The maximum atomic E-state index is 5.96. The van der Waals surface area contributed by atoms with Crippen molar-refractivity contribution in [2.45, 2.75) is 4.83 Å². The first-order chi connectivity index (χ1) is 7.27. The second kappa shape index (κ2) is 4.82. The van der Waals surface area contributed by atoms with Crippen LogP contribution in [0.25, 0.3) is 0 Å². The summed E-state index contributed by atoms with van der Waals surface area (Å²) in [6.07, 6.45) is 0. The van der Waals surface area contributed by atoms with Crippen molar-refractivity contribution in [3.63, 3.8) is 0 Å². The summed E-state index contributed by atoms with van der Waals surface area (Å²) in [5, 5.41) is 0.771. The van der Waals surface area contributed by atoms with Crippen LogP contribution in [-0.2, 0) is 0 Å². The van der Waals surface area contributed by atoms with Gasteiger partial charge in [0, 0.05) is 5.02 Å². The molecular weight excluding hydrogens is 272 g/mol. The zero-order valence-corrected chi connectivity index (χ0v) is 10.4. The molecule has 0 spiro atoms. The zero-order chi connectivity index (χ0) is 10.7. The Hall–Kier alpha value is -0.790. The molecule has 2 aromatic rings. The van der Waals surface area contributed by atoms with Crippen LogP contribution in [0, 0.1) is 0 Å². The lowest BCUT2D eigenvalue weighted by molar-refractivity contribution is 1.18. The first kappa shape index (κ1) is 10.7. The van der Waals surface area contributed by atoms with Gasteiger partial charge in [-0.1, -0.05) is 70.0 Å². The molecule has 15 heavy (non-hydrogen) atoms. The summed E-state index contributed by atoms with van der Waals surface area (Å²) in [5.74, 6) is 0. The Morgan fingerprint density at radius 2 is 1.53 bits per heavy atom. The van der Waals surface area contributed by atoms with Gasteiger partial charge in [-0.05, 0) is 23.3 Å². The van der Waals surface area contributed by atoms with Crippen molar-refractivity contribution in [3.8, 4) is 0 Å². The average Bonchev–Trinajstić information content (AvgIpc) is 2.29. The smallest absolute Gasteiger partial charge is 0.0645 e. The van der Waals surface area contributed by atoms with Crippen LogP contribution in [0.3, 0.4) is 0 Å². The highest BCUT2D eigenvalue weighted by atomic mass is 79.9. The van der Waals surface area contributed by atoms with Crippen molar-refractivity contribution in [1.29, 1.82) is 0 Å². The van der Waals surface area contributed by atoms with E-state index in [1.807, 2.05) is 36.4 Å². The fraction of sp³-hybridized carbons (Fsp3) is 0.0769. The quantitative estimate of drug-likeness (QED) is 0.692. The molecule has 2 heteroatoms. The van der Waals surface area contributed by atoms with E-state index < -0.39 is 0 Å². The second-order valence-corrected chi connectivity index (χ2v) is 4.68. The molecule has 0 aliphatic heterocycles. The van der Waals surface area contributed by atoms with Crippen molar-refractivity contribution < 1.29 is 0 Å². The molecule has 0 aliphatic carbocycles. The van der Waals surface area contributed by atoms with Gasteiger partial charge in [0.2, 0.25) is 0 Å².